The number of anilines is 1. The van der Waals surface area contributed by atoms with Crippen molar-refractivity contribution in [2.24, 2.45) is 11.8 Å². The summed E-state index contributed by atoms with van der Waals surface area (Å²) < 4.78 is 34.2. The van der Waals surface area contributed by atoms with Crippen LogP contribution in [0.3, 0.4) is 0 Å². The molecule has 4 atom stereocenters. The predicted octanol–water partition coefficient (Wildman–Crippen LogP) is 2.50. The molecular formula is C17H18F2N2O3S. The van der Waals surface area contributed by atoms with Gasteiger partial charge in [0.25, 0.3) is 0 Å². The number of hydrogen-bond acceptors (Lipinski definition) is 4. The van der Waals surface area contributed by atoms with Gasteiger partial charge in [0.2, 0.25) is 5.91 Å². The van der Waals surface area contributed by atoms with Crippen LogP contribution in [0.4, 0.5) is 19.3 Å². The van der Waals surface area contributed by atoms with E-state index >= 15 is 0 Å². The lowest BCUT2D eigenvalue weighted by molar-refractivity contribution is -0.119. The molecule has 1 aliphatic carbocycles. The van der Waals surface area contributed by atoms with Gasteiger partial charge in [0.15, 0.2) is 0 Å². The first-order valence-electron chi connectivity index (χ1n) is 8.25. The minimum atomic E-state index is -0.665. The van der Waals surface area contributed by atoms with E-state index in [1.54, 1.807) is 0 Å². The predicted molar refractivity (Wildman–Crippen MR) is 89.7 cm³/mol. The number of ether oxygens (including phenoxy) is 1. The lowest BCUT2D eigenvalue weighted by Gasteiger charge is -2.16. The summed E-state index contributed by atoms with van der Waals surface area (Å²) >= 11 is 1.83. The zero-order chi connectivity index (χ0) is 17.7. The van der Waals surface area contributed by atoms with Crippen molar-refractivity contribution < 1.29 is 23.1 Å². The highest BCUT2D eigenvalue weighted by Crippen LogP contribution is 2.62. The fourth-order valence-corrected chi connectivity index (χ4v) is 5.40. The van der Waals surface area contributed by atoms with Crippen molar-refractivity contribution in [3.63, 3.8) is 0 Å². The number of nitrogens with one attached hydrogen (secondary N) is 1. The van der Waals surface area contributed by atoms with Crippen LogP contribution in [0.5, 0.6) is 0 Å². The van der Waals surface area contributed by atoms with E-state index in [2.05, 4.69) is 5.32 Å². The summed E-state index contributed by atoms with van der Waals surface area (Å²) in [6.45, 7) is 1.68. The maximum atomic E-state index is 14.6. The van der Waals surface area contributed by atoms with E-state index in [1.165, 1.54) is 24.0 Å². The Kier molecular flexibility index (Phi) is 4.10. The van der Waals surface area contributed by atoms with E-state index in [0.717, 1.165) is 11.5 Å². The van der Waals surface area contributed by atoms with Crippen molar-refractivity contribution >= 4 is 29.4 Å². The van der Waals surface area contributed by atoms with E-state index < -0.39 is 23.8 Å². The molecule has 2 aliphatic heterocycles. The molecule has 2 amide bonds. The largest absolute Gasteiger partial charge is 0.442 e. The normalized spacial score (nSPS) is 30.2. The van der Waals surface area contributed by atoms with Crippen LogP contribution in [0.15, 0.2) is 12.1 Å². The lowest BCUT2D eigenvalue weighted by Crippen LogP contribution is -2.33. The Morgan fingerprint density at radius 2 is 1.96 bits per heavy atom. The number of carbonyl (C=O) groups excluding carboxylic acids is 2. The Bertz CT molecular complexity index is 712. The third-order valence-electron chi connectivity index (χ3n) is 5.11. The lowest BCUT2D eigenvalue weighted by atomic mass is 10.1. The van der Waals surface area contributed by atoms with Crippen molar-refractivity contribution in [1.29, 1.82) is 0 Å². The Morgan fingerprint density at radius 3 is 2.56 bits per heavy atom. The Morgan fingerprint density at radius 1 is 1.32 bits per heavy atom. The number of fused-ring (bicyclic) bond motifs is 1. The molecule has 4 rings (SSSR count). The quantitative estimate of drug-likeness (QED) is 0.887. The van der Waals surface area contributed by atoms with Gasteiger partial charge in [0.1, 0.15) is 17.7 Å². The SMILES string of the molecule is CC(=O)NC[C@H]1CN(c2cc(F)c([C@H]3[C@@H]4CSC[C@@H]43)c(F)c2)C(=O)O1. The number of hydrogen-bond donors (Lipinski definition) is 1. The van der Waals surface area contributed by atoms with Gasteiger partial charge in [-0.2, -0.15) is 11.8 Å². The average Bonchev–Trinajstić information content (AvgIpc) is 2.90. The molecule has 2 saturated heterocycles. The van der Waals surface area contributed by atoms with E-state index in [9.17, 15) is 18.4 Å². The van der Waals surface area contributed by atoms with E-state index in [-0.39, 0.29) is 36.2 Å². The van der Waals surface area contributed by atoms with Crippen molar-refractivity contribution in [1.82, 2.24) is 5.32 Å². The van der Waals surface area contributed by atoms with Gasteiger partial charge in [-0.05, 0) is 41.4 Å². The molecule has 8 heteroatoms. The van der Waals surface area contributed by atoms with Crippen LogP contribution in [0.2, 0.25) is 0 Å². The highest BCUT2D eigenvalue weighted by Gasteiger charge is 2.55. The number of cyclic esters (lactones) is 1. The molecule has 2 heterocycles. The van der Waals surface area contributed by atoms with Gasteiger partial charge in [-0.15, -0.1) is 0 Å². The van der Waals surface area contributed by atoms with Gasteiger partial charge in [-0.3, -0.25) is 9.69 Å². The highest BCUT2D eigenvalue weighted by atomic mass is 32.2. The third kappa shape index (κ3) is 2.96. The van der Waals surface area contributed by atoms with E-state index in [0.29, 0.717) is 11.8 Å². The maximum Gasteiger partial charge on any atom is 0.414 e. The first-order chi connectivity index (χ1) is 12.0. The third-order valence-corrected chi connectivity index (χ3v) is 6.35. The number of rotatable bonds is 4. The monoisotopic (exact) mass is 368 g/mol. The van der Waals surface area contributed by atoms with Crippen LogP contribution < -0.4 is 10.2 Å². The minimum Gasteiger partial charge on any atom is -0.442 e. The van der Waals surface area contributed by atoms with Crippen molar-refractivity contribution in [2.45, 2.75) is 18.9 Å². The number of benzene rings is 1. The molecule has 1 aromatic rings. The Balaban J connectivity index is 1.51. The van der Waals surface area contributed by atoms with Crippen LogP contribution in [-0.2, 0) is 9.53 Å². The molecule has 0 spiro atoms. The van der Waals surface area contributed by atoms with Crippen LogP contribution in [-0.4, -0.2) is 42.7 Å². The Labute approximate surface area is 148 Å². The average molecular weight is 368 g/mol. The molecule has 1 aromatic carbocycles. The molecule has 3 aliphatic rings. The van der Waals surface area contributed by atoms with Crippen molar-refractivity contribution in [3.05, 3.63) is 29.3 Å². The number of amides is 2. The summed E-state index contributed by atoms with van der Waals surface area (Å²) in [6, 6.07) is 2.42. The highest BCUT2D eigenvalue weighted by molar-refractivity contribution is 7.99. The molecular weight excluding hydrogens is 350 g/mol. The molecule has 134 valence electrons. The first kappa shape index (κ1) is 16.6. The summed E-state index contributed by atoms with van der Waals surface area (Å²) in [4.78, 5) is 24.1. The fourth-order valence-electron chi connectivity index (χ4n) is 3.81. The van der Waals surface area contributed by atoms with Gasteiger partial charge >= 0.3 is 6.09 Å². The molecule has 1 saturated carbocycles. The number of halogens is 2. The summed E-state index contributed by atoms with van der Waals surface area (Å²) in [6.07, 6.45) is -1.20. The summed E-state index contributed by atoms with van der Waals surface area (Å²) in [5, 5.41) is 2.56. The molecule has 25 heavy (non-hydrogen) atoms. The number of thioether (sulfide) groups is 1. The van der Waals surface area contributed by atoms with Crippen LogP contribution >= 0.6 is 11.8 Å². The van der Waals surface area contributed by atoms with Gasteiger partial charge in [0.05, 0.1) is 18.8 Å². The maximum absolute atomic E-state index is 14.6. The minimum absolute atomic E-state index is 0.0339. The molecule has 5 nitrogen and oxygen atoms in total. The zero-order valence-corrected chi connectivity index (χ0v) is 14.4. The van der Waals surface area contributed by atoms with Crippen LogP contribution in [0.25, 0.3) is 0 Å². The van der Waals surface area contributed by atoms with Gasteiger partial charge in [-0.25, -0.2) is 13.6 Å². The topological polar surface area (TPSA) is 58.6 Å². The fraction of sp³-hybridized carbons (Fsp3) is 0.529. The molecule has 1 N–H and O–H groups in total. The molecule has 0 bridgehead atoms. The number of nitrogens with zero attached hydrogens (tertiary/aromatic N) is 1. The van der Waals surface area contributed by atoms with E-state index in [1.807, 2.05) is 11.8 Å². The second-order valence-electron chi connectivity index (χ2n) is 6.77. The molecule has 0 radical (unpaired) electrons. The smallest absolute Gasteiger partial charge is 0.414 e. The first-order valence-corrected chi connectivity index (χ1v) is 9.40. The zero-order valence-electron chi connectivity index (χ0n) is 13.6. The van der Waals surface area contributed by atoms with Gasteiger partial charge < -0.3 is 10.1 Å². The van der Waals surface area contributed by atoms with E-state index in [4.69, 9.17) is 4.74 Å². The standard InChI is InChI=1S/C17H18F2N2O3S/c1-8(22)20-4-10-5-21(17(23)24-10)9-2-13(18)16(14(19)3-9)15-11-6-25-7-12(11)15/h2-3,10-12,15H,4-7H2,1H3,(H,20,22)/t10-,11-,12+,15+/m0/s1. The molecule has 3 fully saturated rings. The summed E-state index contributed by atoms with van der Waals surface area (Å²) in [7, 11) is 0. The summed E-state index contributed by atoms with van der Waals surface area (Å²) in [5.74, 6) is 1.20. The number of carbonyl (C=O) groups is 2. The second-order valence-corrected chi connectivity index (χ2v) is 7.84. The van der Waals surface area contributed by atoms with Crippen molar-refractivity contribution in [2.75, 3.05) is 29.5 Å². The van der Waals surface area contributed by atoms with Crippen LogP contribution in [0.1, 0.15) is 18.4 Å². The van der Waals surface area contributed by atoms with Crippen LogP contribution in [0, 0.1) is 23.5 Å². The summed E-state index contributed by atoms with van der Waals surface area (Å²) in [5.41, 5.74) is 0.302. The van der Waals surface area contributed by atoms with Gasteiger partial charge in [-0.1, -0.05) is 0 Å². The van der Waals surface area contributed by atoms with Crippen molar-refractivity contribution in [3.8, 4) is 0 Å². The molecule has 0 aromatic heterocycles. The van der Waals surface area contributed by atoms with Gasteiger partial charge in [0, 0.05) is 12.5 Å². The Hall–Kier alpha value is -1.83. The second kappa shape index (κ2) is 6.16. The molecule has 0 unspecified atom stereocenters.